The molecule has 1 N–H and O–H groups in total. The van der Waals surface area contributed by atoms with E-state index in [-0.39, 0.29) is 17.8 Å². The van der Waals surface area contributed by atoms with Crippen LogP contribution in [0.15, 0.2) is 16.7 Å². The first kappa shape index (κ1) is 14.1. The van der Waals surface area contributed by atoms with E-state index >= 15 is 0 Å². The van der Waals surface area contributed by atoms with Crippen molar-refractivity contribution < 1.29 is 14.3 Å². The van der Waals surface area contributed by atoms with E-state index < -0.39 is 0 Å². The predicted molar refractivity (Wildman–Crippen MR) is 73.8 cm³/mol. The smallest absolute Gasteiger partial charge is 0.310 e. The highest BCUT2D eigenvalue weighted by Crippen LogP contribution is 2.20. The van der Waals surface area contributed by atoms with E-state index in [1.165, 1.54) is 0 Å². The molecule has 1 aromatic heterocycles. The molecule has 1 fully saturated rings. The number of aromatic nitrogens is 1. The Bertz CT molecular complexity index is 472. The van der Waals surface area contributed by atoms with Crippen molar-refractivity contribution in [3.63, 3.8) is 0 Å². The highest BCUT2D eigenvalue weighted by Gasteiger charge is 2.30. The second kappa shape index (κ2) is 6.23. The summed E-state index contributed by atoms with van der Waals surface area (Å²) in [6.07, 6.45) is 3.34. The SMILES string of the molecule is CCOC(=O)C1CCCN(C(=O)c2cc(Br)c[nH]2)C1. The van der Waals surface area contributed by atoms with Crippen molar-refractivity contribution in [2.24, 2.45) is 5.92 Å². The first-order chi connectivity index (χ1) is 9.11. The monoisotopic (exact) mass is 328 g/mol. The van der Waals surface area contributed by atoms with Crippen LogP contribution in [0.3, 0.4) is 0 Å². The number of carbonyl (C=O) groups excluding carboxylic acids is 2. The van der Waals surface area contributed by atoms with Gasteiger partial charge >= 0.3 is 5.97 Å². The molecule has 0 aliphatic carbocycles. The van der Waals surface area contributed by atoms with E-state index in [4.69, 9.17) is 4.74 Å². The number of halogens is 1. The molecule has 0 radical (unpaired) electrons. The standard InChI is InChI=1S/C13H17BrN2O3/c1-2-19-13(18)9-4-3-5-16(8-9)12(17)11-6-10(14)7-15-11/h6-7,9,15H,2-5,8H2,1H3. The van der Waals surface area contributed by atoms with Crippen molar-refractivity contribution in [3.05, 3.63) is 22.4 Å². The fourth-order valence-electron chi connectivity index (χ4n) is 2.28. The minimum absolute atomic E-state index is 0.0697. The van der Waals surface area contributed by atoms with Gasteiger partial charge in [-0.15, -0.1) is 0 Å². The Hall–Kier alpha value is -1.30. The summed E-state index contributed by atoms with van der Waals surface area (Å²) >= 11 is 3.30. The van der Waals surface area contributed by atoms with Gasteiger partial charge in [0.2, 0.25) is 0 Å². The van der Waals surface area contributed by atoms with Gasteiger partial charge in [-0.05, 0) is 41.8 Å². The molecular formula is C13H17BrN2O3. The molecule has 1 amide bonds. The quantitative estimate of drug-likeness (QED) is 0.865. The Balaban J connectivity index is 2.01. The van der Waals surface area contributed by atoms with Gasteiger partial charge in [0.15, 0.2) is 0 Å². The van der Waals surface area contributed by atoms with E-state index in [1.54, 1.807) is 24.1 Å². The fourth-order valence-corrected chi connectivity index (χ4v) is 2.62. The number of H-pyrrole nitrogens is 1. The average molecular weight is 329 g/mol. The molecule has 0 aromatic carbocycles. The van der Waals surface area contributed by atoms with Crippen molar-refractivity contribution >= 4 is 27.8 Å². The van der Waals surface area contributed by atoms with Crippen molar-refractivity contribution in [2.75, 3.05) is 19.7 Å². The average Bonchev–Trinajstić information content (AvgIpc) is 2.85. The third-order valence-electron chi connectivity index (χ3n) is 3.21. The summed E-state index contributed by atoms with van der Waals surface area (Å²) in [5.74, 6) is -0.469. The van der Waals surface area contributed by atoms with Crippen molar-refractivity contribution in [1.29, 1.82) is 0 Å². The summed E-state index contributed by atoms with van der Waals surface area (Å²) < 4.78 is 5.87. The number of likely N-dealkylation sites (tertiary alicyclic amines) is 1. The number of nitrogens with zero attached hydrogens (tertiary/aromatic N) is 1. The zero-order valence-corrected chi connectivity index (χ0v) is 12.4. The molecule has 0 saturated carbocycles. The number of amides is 1. The van der Waals surface area contributed by atoms with Gasteiger partial charge in [0.05, 0.1) is 12.5 Å². The van der Waals surface area contributed by atoms with Crippen LogP contribution in [0.4, 0.5) is 0 Å². The summed E-state index contributed by atoms with van der Waals surface area (Å²) in [5, 5.41) is 0. The molecule has 2 heterocycles. The highest BCUT2D eigenvalue weighted by atomic mass is 79.9. The predicted octanol–water partition coefficient (Wildman–Crippen LogP) is 2.19. The molecule has 6 heteroatoms. The summed E-state index contributed by atoms with van der Waals surface area (Å²) in [4.78, 5) is 28.6. The Labute approximate surface area is 120 Å². The van der Waals surface area contributed by atoms with Crippen molar-refractivity contribution in [3.8, 4) is 0 Å². The number of carbonyl (C=O) groups is 2. The molecule has 1 aliphatic heterocycles. The van der Waals surface area contributed by atoms with Crippen LogP contribution in [0.1, 0.15) is 30.3 Å². The van der Waals surface area contributed by atoms with Gasteiger partial charge in [0.1, 0.15) is 5.69 Å². The first-order valence-electron chi connectivity index (χ1n) is 6.41. The molecule has 1 aromatic rings. The Morgan fingerprint density at radius 1 is 1.58 bits per heavy atom. The largest absolute Gasteiger partial charge is 0.466 e. The zero-order chi connectivity index (χ0) is 13.8. The topological polar surface area (TPSA) is 62.4 Å². The van der Waals surface area contributed by atoms with Crippen LogP contribution in [0, 0.1) is 5.92 Å². The van der Waals surface area contributed by atoms with Crippen LogP contribution < -0.4 is 0 Å². The van der Waals surface area contributed by atoms with Gasteiger partial charge in [0, 0.05) is 23.8 Å². The van der Waals surface area contributed by atoms with Gasteiger partial charge in [-0.1, -0.05) is 0 Å². The zero-order valence-electron chi connectivity index (χ0n) is 10.8. The van der Waals surface area contributed by atoms with E-state index in [9.17, 15) is 9.59 Å². The van der Waals surface area contributed by atoms with Crippen LogP contribution in [-0.2, 0) is 9.53 Å². The highest BCUT2D eigenvalue weighted by molar-refractivity contribution is 9.10. The lowest BCUT2D eigenvalue weighted by Crippen LogP contribution is -2.42. The molecule has 5 nitrogen and oxygen atoms in total. The van der Waals surface area contributed by atoms with Crippen LogP contribution in [-0.4, -0.2) is 41.5 Å². The van der Waals surface area contributed by atoms with Gasteiger partial charge in [-0.2, -0.15) is 0 Å². The van der Waals surface area contributed by atoms with Crippen LogP contribution in [0.5, 0.6) is 0 Å². The van der Waals surface area contributed by atoms with Crippen LogP contribution in [0.2, 0.25) is 0 Å². The molecule has 1 atom stereocenters. The van der Waals surface area contributed by atoms with E-state index in [1.807, 2.05) is 0 Å². The molecule has 1 unspecified atom stereocenters. The molecule has 0 spiro atoms. The molecule has 19 heavy (non-hydrogen) atoms. The Morgan fingerprint density at radius 2 is 2.37 bits per heavy atom. The third-order valence-corrected chi connectivity index (χ3v) is 3.66. The fraction of sp³-hybridized carbons (Fsp3) is 0.538. The van der Waals surface area contributed by atoms with Crippen molar-refractivity contribution in [1.82, 2.24) is 9.88 Å². The van der Waals surface area contributed by atoms with Gasteiger partial charge in [0.25, 0.3) is 5.91 Å². The summed E-state index contributed by atoms with van der Waals surface area (Å²) in [6, 6.07) is 1.75. The number of aromatic amines is 1. The number of hydrogen-bond acceptors (Lipinski definition) is 3. The van der Waals surface area contributed by atoms with Crippen LogP contribution >= 0.6 is 15.9 Å². The van der Waals surface area contributed by atoms with E-state index in [0.29, 0.717) is 25.4 Å². The van der Waals surface area contributed by atoms with E-state index in [0.717, 1.165) is 17.3 Å². The molecule has 104 valence electrons. The Morgan fingerprint density at radius 3 is 3.00 bits per heavy atom. The van der Waals surface area contributed by atoms with Gasteiger partial charge in [-0.25, -0.2) is 0 Å². The molecular weight excluding hydrogens is 312 g/mol. The lowest BCUT2D eigenvalue weighted by Gasteiger charge is -2.31. The normalized spacial score (nSPS) is 19.3. The van der Waals surface area contributed by atoms with E-state index in [2.05, 4.69) is 20.9 Å². The second-order valence-corrected chi connectivity index (χ2v) is 5.49. The minimum atomic E-state index is -0.201. The third kappa shape index (κ3) is 3.37. The number of rotatable bonds is 3. The molecule has 0 bridgehead atoms. The number of ether oxygens (including phenoxy) is 1. The lowest BCUT2D eigenvalue weighted by molar-refractivity contribution is -0.149. The molecule has 2 rings (SSSR count). The lowest BCUT2D eigenvalue weighted by atomic mass is 9.98. The van der Waals surface area contributed by atoms with Crippen molar-refractivity contribution in [2.45, 2.75) is 19.8 Å². The maximum atomic E-state index is 12.3. The maximum absolute atomic E-state index is 12.3. The number of esters is 1. The number of nitrogens with one attached hydrogen (secondary N) is 1. The van der Waals surface area contributed by atoms with Crippen LogP contribution in [0.25, 0.3) is 0 Å². The number of hydrogen-bond donors (Lipinski definition) is 1. The first-order valence-corrected chi connectivity index (χ1v) is 7.21. The Kier molecular flexibility index (Phi) is 4.63. The minimum Gasteiger partial charge on any atom is -0.466 e. The second-order valence-electron chi connectivity index (χ2n) is 4.57. The summed E-state index contributed by atoms with van der Waals surface area (Å²) in [5.41, 5.74) is 0.538. The van der Waals surface area contributed by atoms with Gasteiger partial charge in [-0.3, -0.25) is 9.59 Å². The summed E-state index contributed by atoms with van der Waals surface area (Å²) in [7, 11) is 0. The number of piperidine rings is 1. The molecule has 1 aliphatic rings. The maximum Gasteiger partial charge on any atom is 0.310 e. The van der Waals surface area contributed by atoms with Gasteiger partial charge < -0.3 is 14.6 Å². The summed E-state index contributed by atoms with van der Waals surface area (Å²) in [6.45, 7) is 3.30. The molecule has 1 saturated heterocycles.